The summed E-state index contributed by atoms with van der Waals surface area (Å²) in [6, 6.07) is 0. The number of phosphoric ester groups is 2. The standard InChI is InChI=1S/C69H134O17P2/c1-7-9-11-13-14-15-16-18-24-30-35-41-47-53-68(73)85-64(57-79-66(71)51-45-37-12-10-8-2)59-83-87(75,76)81-55-63(70)56-82-88(77,78)84-60-65(58-80-67(72)52-46-40-34-29-26-21-23-28-33-39-44-50-62(5)6)86-69(74)54-48-42-36-31-25-20-17-19-22-27-32-38-43-49-61(3)4/h61-65,70H,7-60H2,1-6H3,(H,75,76)(H,77,78)/t63-,64+,65+/m0/s1. The van der Waals surface area contributed by atoms with Crippen LogP contribution in [0.4, 0.5) is 0 Å². The first-order chi connectivity index (χ1) is 42.4. The third kappa shape index (κ3) is 62.8. The molecular formula is C69H134O17P2. The highest BCUT2D eigenvalue weighted by molar-refractivity contribution is 7.47. The van der Waals surface area contributed by atoms with Gasteiger partial charge in [-0.1, -0.05) is 298 Å². The summed E-state index contributed by atoms with van der Waals surface area (Å²) < 4.78 is 68.1. The van der Waals surface area contributed by atoms with E-state index in [1.807, 2.05) is 0 Å². The van der Waals surface area contributed by atoms with Gasteiger partial charge < -0.3 is 33.8 Å². The molecule has 0 aliphatic rings. The van der Waals surface area contributed by atoms with Crippen LogP contribution in [-0.2, 0) is 65.4 Å². The number of aliphatic hydroxyl groups excluding tert-OH is 1. The van der Waals surface area contributed by atoms with E-state index in [0.717, 1.165) is 108 Å². The summed E-state index contributed by atoms with van der Waals surface area (Å²) in [7, 11) is -9.89. The number of hydrogen-bond donors (Lipinski definition) is 3. The molecule has 2 unspecified atom stereocenters. The van der Waals surface area contributed by atoms with Crippen molar-refractivity contribution in [2.75, 3.05) is 39.6 Å². The van der Waals surface area contributed by atoms with Crippen LogP contribution in [-0.4, -0.2) is 96.7 Å². The molecule has 0 aromatic heterocycles. The van der Waals surface area contributed by atoms with E-state index in [2.05, 4.69) is 41.5 Å². The SMILES string of the molecule is CCCCCCCCCCCCCCCC(=O)O[C@H](COC(=O)CCCCCCC)COP(=O)(O)OC[C@H](O)COP(=O)(O)OC[C@@H](COC(=O)CCCCCCCCCCCCCC(C)C)OC(=O)CCCCCCCCCCCCCCCC(C)C. The molecule has 0 fully saturated rings. The fourth-order valence-electron chi connectivity index (χ4n) is 10.4. The number of carbonyl (C=O) groups is 4. The van der Waals surface area contributed by atoms with Crippen molar-refractivity contribution in [1.29, 1.82) is 0 Å². The quantitative estimate of drug-likeness (QED) is 0.0222. The Balaban J connectivity index is 5.17. The van der Waals surface area contributed by atoms with Crippen LogP contribution in [0.3, 0.4) is 0 Å². The zero-order valence-electron chi connectivity index (χ0n) is 57.0. The molecule has 0 amide bonds. The number of hydrogen-bond acceptors (Lipinski definition) is 15. The van der Waals surface area contributed by atoms with Crippen molar-refractivity contribution in [3.05, 3.63) is 0 Å². The summed E-state index contributed by atoms with van der Waals surface area (Å²) in [6.07, 6.45) is 46.1. The van der Waals surface area contributed by atoms with Crippen molar-refractivity contribution in [2.45, 2.75) is 368 Å². The van der Waals surface area contributed by atoms with Gasteiger partial charge in [0.15, 0.2) is 12.2 Å². The molecule has 0 saturated heterocycles. The lowest BCUT2D eigenvalue weighted by atomic mass is 10.0. The summed E-state index contributed by atoms with van der Waals surface area (Å²) in [6.45, 7) is 9.48. The summed E-state index contributed by atoms with van der Waals surface area (Å²) in [5, 5.41) is 10.6. The number of ether oxygens (including phenoxy) is 4. The lowest BCUT2D eigenvalue weighted by Gasteiger charge is -2.21. The largest absolute Gasteiger partial charge is 0.472 e. The summed E-state index contributed by atoms with van der Waals surface area (Å²) in [5.41, 5.74) is 0. The number of unbranched alkanes of at least 4 members (excludes halogenated alkanes) is 38. The minimum atomic E-state index is -4.95. The van der Waals surface area contributed by atoms with Gasteiger partial charge in [0, 0.05) is 25.7 Å². The van der Waals surface area contributed by atoms with E-state index in [4.69, 9.17) is 37.0 Å². The van der Waals surface area contributed by atoms with Gasteiger partial charge in [-0.25, -0.2) is 9.13 Å². The van der Waals surface area contributed by atoms with Gasteiger partial charge >= 0.3 is 39.5 Å². The molecule has 522 valence electrons. The maximum Gasteiger partial charge on any atom is 0.472 e. The molecule has 5 atom stereocenters. The van der Waals surface area contributed by atoms with Crippen LogP contribution >= 0.6 is 15.6 Å². The molecule has 0 aliphatic carbocycles. The molecule has 0 spiro atoms. The molecule has 0 saturated carbocycles. The average Bonchev–Trinajstić information content (AvgIpc) is 3.52. The zero-order valence-corrected chi connectivity index (χ0v) is 58.8. The van der Waals surface area contributed by atoms with E-state index in [1.165, 1.54) is 161 Å². The van der Waals surface area contributed by atoms with Crippen molar-refractivity contribution in [1.82, 2.24) is 0 Å². The second-order valence-corrected chi connectivity index (χ2v) is 28.8. The van der Waals surface area contributed by atoms with Gasteiger partial charge in [-0.15, -0.1) is 0 Å². The first kappa shape index (κ1) is 86.1. The molecule has 0 aliphatic heterocycles. The highest BCUT2D eigenvalue weighted by Gasteiger charge is 2.30. The Morgan fingerprint density at radius 3 is 0.773 bits per heavy atom. The number of phosphoric acid groups is 2. The van der Waals surface area contributed by atoms with Crippen molar-refractivity contribution < 1.29 is 80.2 Å². The first-order valence-corrected chi connectivity index (χ1v) is 39.0. The molecule has 0 radical (unpaired) electrons. The van der Waals surface area contributed by atoms with Crippen molar-refractivity contribution in [2.24, 2.45) is 11.8 Å². The molecular weight excluding hydrogens is 1160 g/mol. The lowest BCUT2D eigenvalue weighted by molar-refractivity contribution is -0.161. The second kappa shape index (κ2) is 61.3. The fraction of sp³-hybridized carbons (Fsp3) is 0.942. The third-order valence-corrected chi connectivity index (χ3v) is 17.9. The Labute approximate surface area is 537 Å². The van der Waals surface area contributed by atoms with E-state index < -0.39 is 97.5 Å². The molecule has 0 heterocycles. The van der Waals surface area contributed by atoms with E-state index in [0.29, 0.717) is 25.7 Å². The maximum atomic E-state index is 13.0. The number of aliphatic hydroxyl groups is 1. The van der Waals surface area contributed by atoms with E-state index in [1.54, 1.807) is 0 Å². The molecule has 0 bridgehead atoms. The Kier molecular flexibility index (Phi) is 59.9. The monoisotopic (exact) mass is 1300 g/mol. The lowest BCUT2D eigenvalue weighted by Crippen LogP contribution is -2.30. The second-order valence-electron chi connectivity index (χ2n) is 25.9. The van der Waals surface area contributed by atoms with E-state index >= 15 is 0 Å². The van der Waals surface area contributed by atoms with Gasteiger partial charge in [0.2, 0.25) is 0 Å². The van der Waals surface area contributed by atoms with Gasteiger partial charge in [-0.3, -0.25) is 37.3 Å². The van der Waals surface area contributed by atoms with Crippen LogP contribution in [0, 0.1) is 11.8 Å². The predicted octanol–water partition coefficient (Wildman–Crippen LogP) is 19.6. The van der Waals surface area contributed by atoms with Crippen LogP contribution in [0.25, 0.3) is 0 Å². The van der Waals surface area contributed by atoms with Crippen molar-refractivity contribution in [3.8, 4) is 0 Å². The molecule has 0 aromatic rings. The molecule has 19 heteroatoms. The first-order valence-electron chi connectivity index (χ1n) is 36.0. The van der Waals surface area contributed by atoms with Crippen LogP contribution in [0.1, 0.15) is 350 Å². The van der Waals surface area contributed by atoms with Crippen LogP contribution < -0.4 is 0 Å². The molecule has 88 heavy (non-hydrogen) atoms. The van der Waals surface area contributed by atoms with Crippen molar-refractivity contribution in [3.63, 3.8) is 0 Å². The highest BCUT2D eigenvalue weighted by atomic mass is 31.2. The third-order valence-electron chi connectivity index (χ3n) is 16.0. The Morgan fingerprint density at radius 1 is 0.307 bits per heavy atom. The summed E-state index contributed by atoms with van der Waals surface area (Å²) >= 11 is 0. The van der Waals surface area contributed by atoms with Crippen LogP contribution in [0.15, 0.2) is 0 Å². The smallest absolute Gasteiger partial charge is 0.462 e. The maximum absolute atomic E-state index is 13.0. The number of carbonyl (C=O) groups excluding carboxylic acids is 4. The Hall–Kier alpha value is -1.94. The van der Waals surface area contributed by atoms with Crippen LogP contribution in [0.2, 0.25) is 0 Å². The van der Waals surface area contributed by atoms with Crippen molar-refractivity contribution >= 4 is 39.5 Å². The Morgan fingerprint density at radius 2 is 0.523 bits per heavy atom. The molecule has 3 N–H and O–H groups in total. The normalized spacial score (nSPS) is 14.2. The average molecular weight is 1300 g/mol. The highest BCUT2D eigenvalue weighted by Crippen LogP contribution is 2.45. The van der Waals surface area contributed by atoms with Crippen LogP contribution in [0.5, 0.6) is 0 Å². The van der Waals surface area contributed by atoms with Gasteiger partial charge in [0.1, 0.15) is 19.3 Å². The van der Waals surface area contributed by atoms with Gasteiger partial charge in [-0.05, 0) is 37.5 Å². The zero-order chi connectivity index (χ0) is 65.0. The minimum absolute atomic E-state index is 0.107. The number of rotatable bonds is 68. The Bertz CT molecular complexity index is 1720. The van der Waals surface area contributed by atoms with E-state index in [-0.39, 0.29) is 25.7 Å². The predicted molar refractivity (Wildman–Crippen MR) is 354 cm³/mol. The fourth-order valence-corrected chi connectivity index (χ4v) is 12.0. The van der Waals surface area contributed by atoms with E-state index in [9.17, 15) is 43.2 Å². The summed E-state index contributed by atoms with van der Waals surface area (Å²) in [4.78, 5) is 72.2. The summed E-state index contributed by atoms with van der Waals surface area (Å²) in [5.74, 6) is -0.577. The molecule has 0 aromatic carbocycles. The number of esters is 4. The molecule has 0 rings (SSSR count). The van der Waals surface area contributed by atoms with Gasteiger partial charge in [0.25, 0.3) is 0 Å². The molecule has 17 nitrogen and oxygen atoms in total. The topological polar surface area (TPSA) is 237 Å². The van der Waals surface area contributed by atoms with Gasteiger partial charge in [-0.2, -0.15) is 0 Å². The minimum Gasteiger partial charge on any atom is -0.462 e. The van der Waals surface area contributed by atoms with Gasteiger partial charge in [0.05, 0.1) is 26.4 Å².